The Hall–Kier alpha value is -1.44. The van der Waals surface area contributed by atoms with Crippen molar-refractivity contribution in [2.75, 3.05) is 11.9 Å². The van der Waals surface area contributed by atoms with Gasteiger partial charge in [-0.15, -0.1) is 0 Å². The smallest absolute Gasteiger partial charge is 0.270 e. The van der Waals surface area contributed by atoms with Gasteiger partial charge in [-0.25, -0.2) is 0 Å². The van der Waals surface area contributed by atoms with Crippen LogP contribution in [0.4, 0.5) is 11.4 Å². The molecule has 0 aliphatic rings. The number of rotatable bonds is 3. The van der Waals surface area contributed by atoms with E-state index in [0.29, 0.717) is 14.8 Å². The van der Waals surface area contributed by atoms with Crippen molar-refractivity contribution in [3.63, 3.8) is 0 Å². The number of nitrogens with zero attached hydrogens (tertiary/aromatic N) is 2. The van der Waals surface area contributed by atoms with Gasteiger partial charge in [0, 0.05) is 28.3 Å². The van der Waals surface area contributed by atoms with Crippen LogP contribution in [0.15, 0.2) is 30.4 Å². The number of hydrogen-bond acceptors (Lipinski definition) is 3. The van der Waals surface area contributed by atoms with Crippen LogP contribution >= 0.6 is 22.6 Å². The van der Waals surface area contributed by atoms with Crippen molar-refractivity contribution in [3.05, 3.63) is 44.0 Å². The van der Waals surface area contributed by atoms with Crippen LogP contribution in [0.5, 0.6) is 0 Å². The summed E-state index contributed by atoms with van der Waals surface area (Å²) in [6.07, 6.45) is 0. The Balaban J connectivity index is 3.12. The van der Waals surface area contributed by atoms with Crippen LogP contribution in [-0.4, -0.2) is 17.9 Å². The number of non-ortho nitro benzene ring substituents is 1. The van der Waals surface area contributed by atoms with Gasteiger partial charge in [0.15, 0.2) is 0 Å². The first-order valence-corrected chi connectivity index (χ1v) is 5.80. The van der Waals surface area contributed by atoms with E-state index in [4.69, 9.17) is 0 Å². The van der Waals surface area contributed by atoms with Gasteiger partial charge in [0.2, 0.25) is 0 Å². The average molecular weight is 346 g/mol. The molecule has 0 aromatic heterocycles. The summed E-state index contributed by atoms with van der Waals surface area (Å²) in [5, 5.41) is 10.6. The van der Waals surface area contributed by atoms with Crippen LogP contribution in [0.3, 0.4) is 0 Å². The third kappa shape index (κ3) is 3.02. The fourth-order valence-corrected chi connectivity index (χ4v) is 2.14. The number of amides is 1. The van der Waals surface area contributed by atoms with E-state index >= 15 is 0 Å². The van der Waals surface area contributed by atoms with Gasteiger partial charge in [-0.2, -0.15) is 0 Å². The molecule has 0 aliphatic heterocycles. The van der Waals surface area contributed by atoms with Gasteiger partial charge in [0.25, 0.3) is 11.6 Å². The molecule has 0 saturated heterocycles. The molecule has 1 aromatic rings. The second-order valence-electron chi connectivity index (χ2n) is 3.54. The molecule has 0 spiro atoms. The molecule has 0 bridgehead atoms. The molecule has 6 heteroatoms. The molecule has 0 atom stereocenters. The number of nitro benzene ring substituents is 1. The summed E-state index contributed by atoms with van der Waals surface area (Å²) in [4.78, 5) is 23.2. The van der Waals surface area contributed by atoms with Gasteiger partial charge >= 0.3 is 0 Å². The van der Waals surface area contributed by atoms with Crippen LogP contribution in [0, 0.1) is 13.7 Å². The normalized spacial score (nSPS) is 9.82. The number of likely N-dealkylation sites (N-methyl/N-ethyl adjacent to an activating group) is 1. The second kappa shape index (κ2) is 5.26. The molecule has 17 heavy (non-hydrogen) atoms. The van der Waals surface area contributed by atoms with Crippen LogP contribution in [-0.2, 0) is 4.79 Å². The van der Waals surface area contributed by atoms with Crippen molar-refractivity contribution in [1.29, 1.82) is 0 Å². The first-order chi connectivity index (χ1) is 7.84. The number of carbonyl (C=O) groups is 1. The molecule has 1 amide bonds. The Morgan fingerprint density at radius 3 is 2.53 bits per heavy atom. The number of nitro groups is 1. The molecular weight excluding hydrogens is 335 g/mol. The van der Waals surface area contributed by atoms with Crippen molar-refractivity contribution in [3.8, 4) is 0 Å². The van der Waals surface area contributed by atoms with E-state index in [0.717, 1.165) is 0 Å². The highest BCUT2D eigenvalue weighted by atomic mass is 127. The minimum absolute atomic E-state index is 0.00863. The Morgan fingerprint density at radius 1 is 1.53 bits per heavy atom. The maximum Gasteiger partial charge on any atom is 0.270 e. The lowest BCUT2D eigenvalue weighted by molar-refractivity contribution is -0.384. The lowest BCUT2D eigenvalue weighted by Crippen LogP contribution is -2.27. The lowest BCUT2D eigenvalue weighted by Gasteiger charge is -2.18. The highest BCUT2D eigenvalue weighted by molar-refractivity contribution is 14.1. The second-order valence-corrected chi connectivity index (χ2v) is 4.70. The quantitative estimate of drug-likeness (QED) is 0.366. The third-order valence-corrected chi connectivity index (χ3v) is 3.04. The van der Waals surface area contributed by atoms with Gasteiger partial charge in [-0.3, -0.25) is 14.9 Å². The maximum atomic E-state index is 11.7. The van der Waals surface area contributed by atoms with E-state index in [1.165, 1.54) is 17.0 Å². The largest absolute Gasteiger partial charge is 0.311 e. The molecule has 0 fully saturated rings. The minimum atomic E-state index is -0.466. The van der Waals surface area contributed by atoms with Gasteiger partial charge < -0.3 is 4.90 Å². The van der Waals surface area contributed by atoms with Crippen molar-refractivity contribution in [2.24, 2.45) is 0 Å². The zero-order valence-corrected chi connectivity index (χ0v) is 11.6. The molecule has 0 saturated carbocycles. The van der Waals surface area contributed by atoms with Crippen molar-refractivity contribution in [1.82, 2.24) is 0 Å². The summed E-state index contributed by atoms with van der Waals surface area (Å²) in [5.74, 6) is -0.211. The topological polar surface area (TPSA) is 63.5 Å². The molecule has 90 valence electrons. The zero-order chi connectivity index (χ0) is 13.2. The van der Waals surface area contributed by atoms with Gasteiger partial charge in [0.1, 0.15) is 0 Å². The molecule has 0 aliphatic carbocycles. The number of carbonyl (C=O) groups excluding carboxylic acids is 1. The van der Waals surface area contributed by atoms with Crippen molar-refractivity contribution < 1.29 is 9.72 Å². The first kappa shape index (κ1) is 13.6. The molecule has 1 aromatic carbocycles. The van der Waals surface area contributed by atoms with Crippen LogP contribution in [0.2, 0.25) is 0 Å². The van der Waals surface area contributed by atoms with E-state index < -0.39 is 4.92 Å². The molecule has 0 unspecified atom stereocenters. The first-order valence-electron chi connectivity index (χ1n) is 4.72. The summed E-state index contributed by atoms with van der Waals surface area (Å²) in [6.45, 7) is 5.20. The molecule has 1 rings (SSSR count). The maximum absolute atomic E-state index is 11.7. The summed E-state index contributed by atoms with van der Waals surface area (Å²) < 4.78 is 0.647. The summed E-state index contributed by atoms with van der Waals surface area (Å²) >= 11 is 1.96. The van der Waals surface area contributed by atoms with Crippen LogP contribution < -0.4 is 4.90 Å². The van der Waals surface area contributed by atoms with Gasteiger partial charge in [-0.1, -0.05) is 6.58 Å². The van der Waals surface area contributed by atoms with Crippen LogP contribution in [0.25, 0.3) is 0 Å². The van der Waals surface area contributed by atoms with Gasteiger partial charge in [0.05, 0.1) is 10.6 Å². The number of benzene rings is 1. The summed E-state index contributed by atoms with van der Waals surface area (Å²) in [7, 11) is 1.61. The Morgan fingerprint density at radius 2 is 2.12 bits per heavy atom. The third-order valence-electron chi connectivity index (χ3n) is 2.17. The zero-order valence-electron chi connectivity index (χ0n) is 9.44. The van der Waals surface area contributed by atoms with E-state index in [1.807, 2.05) is 22.6 Å². The highest BCUT2D eigenvalue weighted by Crippen LogP contribution is 2.26. The van der Waals surface area contributed by atoms with E-state index in [-0.39, 0.29) is 11.6 Å². The monoisotopic (exact) mass is 346 g/mol. The summed E-state index contributed by atoms with van der Waals surface area (Å²) in [6, 6.07) is 4.36. The molecule has 0 radical (unpaired) electrons. The molecular formula is C11H11IN2O3. The summed E-state index contributed by atoms with van der Waals surface area (Å²) in [5.41, 5.74) is 1.06. The van der Waals surface area contributed by atoms with E-state index in [1.54, 1.807) is 20.0 Å². The number of hydrogen-bond donors (Lipinski definition) is 0. The number of halogens is 1. The fraction of sp³-hybridized carbons (Fsp3) is 0.182. The predicted octanol–water partition coefficient (Wildman–Crippen LogP) is 2.74. The van der Waals surface area contributed by atoms with Gasteiger partial charge in [-0.05, 0) is 35.6 Å². The Bertz CT molecular complexity index is 499. The van der Waals surface area contributed by atoms with Crippen molar-refractivity contribution >= 4 is 39.9 Å². The molecule has 0 N–H and O–H groups in total. The van der Waals surface area contributed by atoms with Crippen LogP contribution in [0.1, 0.15) is 6.92 Å². The Labute approximate surface area is 112 Å². The predicted molar refractivity (Wildman–Crippen MR) is 74.0 cm³/mol. The van der Waals surface area contributed by atoms with E-state index in [9.17, 15) is 14.9 Å². The average Bonchev–Trinajstić information content (AvgIpc) is 2.26. The Kier molecular flexibility index (Phi) is 4.22. The standard InChI is InChI=1S/C11H11IN2O3/c1-7(2)11(15)13(3)10-5-4-8(14(16)17)6-9(10)12/h4-6H,1H2,2-3H3. The van der Waals surface area contributed by atoms with Crippen molar-refractivity contribution in [2.45, 2.75) is 6.92 Å². The molecule has 5 nitrogen and oxygen atoms in total. The fourth-order valence-electron chi connectivity index (χ4n) is 1.28. The number of anilines is 1. The molecule has 0 heterocycles. The minimum Gasteiger partial charge on any atom is -0.311 e. The highest BCUT2D eigenvalue weighted by Gasteiger charge is 2.16. The SMILES string of the molecule is C=C(C)C(=O)N(C)c1ccc([N+](=O)[O-])cc1I. The van der Waals surface area contributed by atoms with E-state index in [2.05, 4.69) is 6.58 Å². The lowest BCUT2D eigenvalue weighted by atomic mass is 10.2.